The van der Waals surface area contributed by atoms with E-state index in [1.807, 2.05) is 4.57 Å². The number of nitrogens with zero attached hydrogens (tertiary/aromatic N) is 4. The van der Waals surface area contributed by atoms with Crippen molar-refractivity contribution in [1.82, 2.24) is 19.5 Å². The molecule has 1 aliphatic heterocycles. The highest BCUT2D eigenvalue weighted by atomic mass is 127. The summed E-state index contributed by atoms with van der Waals surface area (Å²) in [7, 11) is 0. The molecule has 1 atom stereocenters. The van der Waals surface area contributed by atoms with Gasteiger partial charge in [-0.25, -0.2) is 19.3 Å². The number of nitrogens with one attached hydrogen (secondary N) is 1. The summed E-state index contributed by atoms with van der Waals surface area (Å²) in [6, 6.07) is 6.24. The molecule has 3 heterocycles. The topological polar surface area (TPSA) is 64.9 Å². The van der Waals surface area contributed by atoms with E-state index in [0.717, 1.165) is 25.1 Å². The van der Waals surface area contributed by atoms with E-state index in [2.05, 4.69) is 42.9 Å². The fourth-order valence-electron chi connectivity index (χ4n) is 2.67. The lowest BCUT2D eigenvalue weighted by Crippen LogP contribution is -2.08. The van der Waals surface area contributed by atoms with Gasteiger partial charge in [-0.1, -0.05) is 6.07 Å². The van der Waals surface area contributed by atoms with Gasteiger partial charge in [0.1, 0.15) is 12.0 Å². The standard InChI is InChI=1S/C15H13FIN5O/c16-9-3-1-4-10(7-9)19-13-12-14(21-15(17)20-13)22(8-18-12)11-5-2-6-23-11/h1,3-4,7-8,11H,2,5-6H2,(H,19,20,21). The molecule has 0 amide bonds. The molecule has 1 N–H and O–H groups in total. The van der Waals surface area contributed by atoms with Gasteiger partial charge in [0.2, 0.25) is 0 Å². The lowest BCUT2D eigenvalue weighted by Gasteiger charge is -2.12. The maximum absolute atomic E-state index is 13.4. The van der Waals surface area contributed by atoms with Crippen molar-refractivity contribution in [2.24, 2.45) is 0 Å². The first-order chi connectivity index (χ1) is 11.2. The van der Waals surface area contributed by atoms with E-state index in [4.69, 9.17) is 4.74 Å². The molecule has 0 aliphatic carbocycles. The third-order valence-electron chi connectivity index (χ3n) is 3.70. The Bertz CT molecular complexity index is 862. The lowest BCUT2D eigenvalue weighted by atomic mass is 10.3. The first kappa shape index (κ1) is 14.8. The fourth-order valence-corrected chi connectivity index (χ4v) is 3.14. The minimum Gasteiger partial charge on any atom is -0.358 e. The van der Waals surface area contributed by atoms with Crippen LogP contribution in [0.3, 0.4) is 0 Å². The van der Waals surface area contributed by atoms with Crippen LogP contribution in [-0.2, 0) is 4.74 Å². The molecule has 6 nitrogen and oxygen atoms in total. The van der Waals surface area contributed by atoms with Crippen molar-refractivity contribution in [3.8, 4) is 0 Å². The van der Waals surface area contributed by atoms with Crippen molar-refractivity contribution in [1.29, 1.82) is 0 Å². The van der Waals surface area contributed by atoms with E-state index < -0.39 is 0 Å². The Kier molecular flexibility index (Phi) is 3.85. The molecule has 1 fully saturated rings. The highest BCUT2D eigenvalue weighted by Gasteiger charge is 2.22. The Morgan fingerprint density at radius 1 is 1.35 bits per heavy atom. The smallest absolute Gasteiger partial charge is 0.194 e. The Balaban J connectivity index is 1.77. The second kappa shape index (κ2) is 6.00. The summed E-state index contributed by atoms with van der Waals surface area (Å²) in [5.74, 6) is 0.252. The monoisotopic (exact) mass is 425 g/mol. The maximum atomic E-state index is 13.4. The zero-order chi connectivity index (χ0) is 15.8. The number of anilines is 2. The van der Waals surface area contributed by atoms with E-state index in [9.17, 15) is 4.39 Å². The lowest BCUT2D eigenvalue weighted by molar-refractivity contribution is 0.0592. The van der Waals surface area contributed by atoms with Crippen LogP contribution in [-0.4, -0.2) is 26.1 Å². The largest absolute Gasteiger partial charge is 0.358 e. The number of benzene rings is 1. The van der Waals surface area contributed by atoms with Gasteiger partial charge in [0.15, 0.2) is 20.8 Å². The van der Waals surface area contributed by atoms with Gasteiger partial charge in [-0.15, -0.1) is 0 Å². The third kappa shape index (κ3) is 2.88. The van der Waals surface area contributed by atoms with Crippen molar-refractivity contribution >= 4 is 45.3 Å². The van der Waals surface area contributed by atoms with Crippen LogP contribution in [0.25, 0.3) is 11.2 Å². The SMILES string of the molecule is Fc1cccc(Nc2nc(I)nc3c2ncn3C2CCCO2)c1. The Labute approximate surface area is 145 Å². The number of rotatable bonds is 3. The van der Waals surface area contributed by atoms with Crippen LogP contribution in [0.4, 0.5) is 15.9 Å². The summed E-state index contributed by atoms with van der Waals surface area (Å²) in [5, 5.41) is 3.12. The fraction of sp³-hybridized carbons (Fsp3) is 0.267. The van der Waals surface area contributed by atoms with E-state index in [1.54, 1.807) is 18.5 Å². The average molecular weight is 425 g/mol. The summed E-state index contributed by atoms with van der Waals surface area (Å²) in [4.78, 5) is 13.3. The Morgan fingerprint density at radius 2 is 2.26 bits per heavy atom. The highest BCUT2D eigenvalue weighted by Crippen LogP contribution is 2.29. The van der Waals surface area contributed by atoms with Crippen LogP contribution in [0, 0.1) is 9.65 Å². The molecule has 0 spiro atoms. The number of fused-ring (bicyclic) bond motifs is 1. The average Bonchev–Trinajstić information content (AvgIpc) is 3.15. The van der Waals surface area contributed by atoms with Crippen LogP contribution in [0.5, 0.6) is 0 Å². The molecule has 8 heteroatoms. The van der Waals surface area contributed by atoms with Crippen molar-refractivity contribution in [3.63, 3.8) is 0 Å². The third-order valence-corrected chi connectivity index (χ3v) is 4.18. The summed E-state index contributed by atoms with van der Waals surface area (Å²) < 4.78 is 21.6. The molecule has 3 aromatic rings. The second-order valence-corrected chi connectivity index (χ2v) is 6.23. The van der Waals surface area contributed by atoms with Gasteiger partial charge in [0.05, 0.1) is 6.33 Å². The number of aromatic nitrogens is 4. The van der Waals surface area contributed by atoms with Crippen molar-refractivity contribution in [2.75, 3.05) is 11.9 Å². The molecule has 1 saturated heterocycles. The number of hydrogen-bond donors (Lipinski definition) is 1. The van der Waals surface area contributed by atoms with Crippen LogP contribution >= 0.6 is 22.6 Å². The predicted molar refractivity (Wildman–Crippen MR) is 91.9 cm³/mol. The summed E-state index contributed by atoms with van der Waals surface area (Å²) in [6.45, 7) is 0.751. The molecule has 2 aromatic heterocycles. The van der Waals surface area contributed by atoms with Crippen molar-refractivity contribution in [2.45, 2.75) is 19.1 Å². The minimum absolute atomic E-state index is 0.0345. The summed E-state index contributed by atoms with van der Waals surface area (Å²) in [5.41, 5.74) is 1.98. The van der Waals surface area contributed by atoms with E-state index >= 15 is 0 Å². The van der Waals surface area contributed by atoms with E-state index in [1.165, 1.54) is 12.1 Å². The van der Waals surface area contributed by atoms with Gasteiger partial charge in [0, 0.05) is 34.9 Å². The Morgan fingerprint density at radius 3 is 3.04 bits per heavy atom. The van der Waals surface area contributed by atoms with Crippen LogP contribution in [0.2, 0.25) is 0 Å². The van der Waals surface area contributed by atoms with Gasteiger partial charge in [-0.2, -0.15) is 0 Å². The summed E-state index contributed by atoms with van der Waals surface area (Å²) >= 11 is 2.06. The number of imidazole rings is 1. The van der Waals surface area contributed by atoms with Gasteiger partial charge in [0.25, 0.3) is 0 Å². The van der Waals surface area contributed by atoms with Crippen molar-refractivity contribution in [3.05, 3.63) is 40.2 Å². The maximum Gasteiger partial charge on any atom is 0.194 e. The first-order valence-corrected chi connectivity index (χ1v) is 8.33. The molecule has 1 unspecified atom stereocenters. The number of ether oxygens (including phenoxy) is 1. The molecule has 118 valence electrons. The highest BCUT2D eigenvalue weighted by molar-refractivity contribution is 14.1. The second-order valence-electron chi connectivity index (χ2n) is 5.27. The van der Waals surface area contributed by atoms with E-state index in [-0.39, 0.29) is 12.0 Å². The van der Waals surface area contributed by atoms with Gasteiger partial charge in [-0.05, 0) is 31.0 Å². The first-order valence-electron chi connectivity index (χ1n) is 7.25. The van der Waals surface area contributed by atoms with Crippen LogP contribution in [0.15, 0.2) is 30.6 Å². The number of halogens is 2. The zero-order valence-electron chi connectivity index (χ0n) is 12.0. The molecule has 0 radical (unpaired) electrons. The number of hydrogen-bond acceptors (Lipinski definition) is 5. The van der Waals surface area contributed by atoms with Gasteiger partial charge < -0.3 is 10.1 Å². The predicted octanol–water partition coefficient (Wildman–Crippen LogP) is 3.62. The molecule has 0 bridgehead atoms. The molecule has 23 heavy (non-hydrogen) atoms. The summed E-state index contributed by atoms with van der Waals surface area (Å²) in [6.07, 6.45) is 3.66. The molecular weight excluding hydrogens is 412 g/mol. The Hall–Kier alpha value is -1.81. The molecular formula is C15H13FIN5O. The van der Waals surface area contributed by atoms with E-state index in [0.29, 0.717) is 20.9 Å². The van der Waals surface area contributed by atoms with Crippen LogP contribution < -0.4 is 5.32 Å². The van der Waals surface area contributed by atoms with Gasteiger partial charge in [-0.3, -0.25) is 4.57 Å². The molecule has 0 saturated carbocycles. The van der Waals surface area contributed by atoms with Crippen molar-refractivity contribution < 1.29 is 9.13 Å². The van der Waals surface area contributed by atoms with Gasteiger partial charge >= 0.3 is 0 Å². The molecule has 4 rings (SSSR count). The molecule has 1 aromatic carbocycles. The minimum atomic E-state index is -0.306. The quantitative estimate of drug-likeness (QED) is 0.513. The molecule has 1 aliphatic rings. The normalized spacial score (nSPS) is 17.7. The van der Waals surface area contributed by atoms with Crippen LogP contribution in [0.1, 0.15) is 19.1 Å². The zero-order valence-corrected chi connectivity index (χ0v) is 14.2.